The van der Waals surface area contributed by atoms with Gasteiger partial charge in [0, 0.05) is 6.42 Å². The van der Waals surface area contributed by atoms with Crippen molar-refractivity contribution in [3.05, 3.63) is 95.7 Å². The smallest absolute Gasteiger partial charge is 0.329 e. The van der Waals surface area contributed by atoms with Gasteiger partial charge in [-0.3, -0.25) is 4.79 Å². The molecule has 1 heterocycles. The van der Waals surface area contributed by atoms with Gasteiger partial charge in [-0.2, -0.15) is 0 Å². The molecule has 0 spiro atoms. The van der Waals surface area contributed by atoms with Gasteiger partial charge < -0.3 is 14.5 Å². The highest BCUT2D eigenvalue weighted by molar-refractivity contribution is 5.94. The van der Waals surface area contributed by atoms with Crippen LogP contribution in [-0.4, -0.2) is 17.9 Å². The number of esters is 1. The Hall–Kier alpha value is -3.41. The predicted molar refractivity (Wildman–Crippen MR) is 96.3 cm³/mol. The van der Waals surface area contributed by atoms with Crippen molar-refractivity contribution >= 4 is 11.9 Å². The van der Waals surface area contributed by atoms with Crippen LogP contribution in [0.5, 0.6) is 0 Å². The molecule has 5 nitrogen and oxygen atoms in total. The van der Waals surface area contributed by atoms with E-state index in [0.29, 0.717) is 5.56 Å². The molecular weight excluding hydrogens is 349 g/mol. The molecule has 1 atom stereocenters. The first-order valence-electron chi connectivity index (χ1n) is 8.41. The normalized spacial score (nSPS) is 11.6. The maximum absolute atomic E-state index is 13.0. The average Bonchev–Trinajstić information content (AvgIpc) is 3.22. The van der Waals surface area contributed by atoms with E-state index in [-0.39, 0.29) is 24.6 Å². The second-order valence-electron chi connectivity index (χ2n) is 5.93. The molecule has 27 heavy (non-hydrogen) atoms. The molecule has 0 aliphatic rings. The Morgan fingerprint density at radius 2 is 1.70 bits per heavy atom. The van der Waals surface area contributed by atoms with E-state index in [1.165, 1.54) is 36.6 Å². The van der Waals surface area contributed by atoms with Gasteiger partial charge in [0.25, 0.3) is 5.91 Å². The molecule has 2 aromatic carbocycles. The van der Waals surface area contributed by atoms with Crippen molar-refractivity contribution in [1.29, 1.82) is 0 Å². The van der Waals surface area contributed by atoms with Crippen LogP contribution in [-0.2, 0) is 22.6 Å². The quantitative estimate of drug-likeness (QED) is 0.649. The van der Waals surface area contributed by atoms with Gasteiger partial charge in [0.2, 0.25) is 0 Å². The van der Waals surface area contributed by atoms with E-state index < -0.39 is 17.9 Å². The fraction of sp³-hybridized carbons (Fsp3) is 0.143. The van der Waals surface area contributed by atoms with Gasteiger partial charge in [0.1, 0.15) is 18.5 Å². The zero-order valence-electron chi connectivity index (χ0n) is 14.4. The Balaban J connectivity index is 1.68. The van der Waals surface area contributed by atoms with E-state index in [1.54, 1.807) is 6.07 Å². The maximum atomic E-state index is 13.0. The summed E-state index contributed by atoms with van der Waals surface area (Å²) in [6.45, 7) is -0.0129. The number of amides is 1. The molecule has 0 aliphatic heterocycles. The van der Waals surface area contributed by atoms with E-state index in [4.69, 9.17) is 9.15 Å². The Kier molecular flexibility index (Phi) is 5.99. The van der Waals surface area contributed by atoms with Crippen LogP contribution in [0.15, 0.2) is 77.4 Å². The minimum absolute atomic E-state index is 0.0129. The standard InChI is InChI=1S/C21H18FNO4/c22-17-10-8-16(9-11-17)14-27-21(25)18(13-15-5-2-1-3-6-15)23-20(24)19-7-4-12-26-19/h1-12,18H,13-14H2,(H,23,24)/t18-/m0/s1. The van der Waals surface area contributed by atoms with Gasteiger partial charge >= 0.3 is 5.97 Å². The maximum Gasteiger partial charge on any atom is 0.329 e. The Morgan fingerprint density at radius 1 is 0.963 bits per heavy atom. The fourth-order valence-electron chi connectivity index (χ4n) is 2.52. The highest BCUT2D eigenvalue weighted by atomic mass is 19.1. The molecule has 0 saturated carbocycles. The average molecular weight is 367 g/mol. The number of carbonyl (C=O) groups excluding carboxylic acids is 2. The molecule has 0 bridgehead atoms. The van der Waals surface area contributed by atoms with Crippen molar-refractivity contribution in [2.24, 2.45) is 0 Å². The van der Waals surface area contributed by atoms with Crippen LogP contribution in [0, 0.1) is 5.82 Å². The molecule has 138 valence electrons. The largest absolute Gasteiger partial charge is 0.459 e. The predicted octanol–water partition coefficient (Wildman–Crippen LogP) is 3.50. The fourth-order valence-corrected chi connectivity index (χ4v) is 2.52. The third-order valence-electron chi connectivity index (χ3n) is 3.91. The molecule has 1 amide bonds. The number of furan rings is 1. The first-order valence-corrected chi connectivity index (χ1v) is 8.41. The minimum Gasteiger partial charge on any atom is -0.459 e. The molecule has 0 fully saturated rings. The summed E-state index contributed by atoms with van der Waals surface area (Å²) in [6.07, 6.45) is 1.66. The van der Waals surface area contributed by atoms with E-state index in [0.717, 1.165) is 5.56 Å². The van der Waals surface area contributed by atoms with Crippen molar-refractivity contribution in [3.8, 4) is 0 Å². The van der Waals surface area contributed by atoms with Crippen molar-refractivity contribution in [3.63, 3.8) is 0 Å². The third-order valence-corrected chi connectivity index (χ3v) is 3.91. The molecule has 0 saturated heterocycles. The summed E-state index contributed by atoms with van der Waals surface area (Å²) in [6, 6.07) is 17.2. The lowest BCUT2D eigenvalue weighted by atomic mass is 10.1. The van der Waals surface area contributed by atoms with Crippen molar-refractivity contribution in [1.82, 2.24) is 5.32 Å². The number of carbonyl (C=O) groups is 2. The number of rotatable bonds is 7. The van der Waals surface area contributed by atoms with E-state index >= 15 is 0 Å². The monoisotopic (exact) mass is 367 g/mol. The topological polar surface area (TPSA) is 68.5 Å². The van der Waals surface area contributed by atoms with Crippen molar-refractivity contribution in [2.75, 3.05) is 0 Å². The molecule has 1 N–H and O–H groups in total. The van der Waals surface area contributed by atoms with Crippen molar-refractivity contribution < 1.29 is 23.1 Å². The lowest BCUT2D eigenvalue weighted by molar-refractivity contribution is -0.147. The minimum atomic E-state index is -0.884. The van der Waals surface area contributed by atoms with Crippen molar-refractivity contribution in [2.45, 2.75) is 19.1 Å². The van der Waals surface area contributed by atoms with Gasteiger partial charge in [0.15, 0.2) is 5.76 Å². The molecular formula is C21H18FNO4. The van der Waals surface area contributed by atoms with E-state index in [2.05, 4.69) is 5.32 Å². The van der Waals surface area contributed by atoms with Crippen LogP contribution in [0.3, 0.4) is 0 Å². The lowest BCUT2D eigenvalue weighted by Crippen LogP contribution is -2.43. The number of halogens is 1. The number of nitrogens with one attached hydrogen (secondary N) is 1. The van der Waals surface area contributed by atoms with Crippen LogP contribution in [0.25, 0.3) is 0 Å². The van der Waals surface area contributed by atoms with Crippen LogP contribution in [0.2, 0.25) is 0 Å². The van der Waals surface area contributed by atoms with Crippen LogP contribution in [0.1, 0.15) is 21.7 Å². The molecule has 0 unspecified atom stereocenters. The van der Waals surface area contributed by atoms with Gasteiger partial charge in [-0.05, 0) is 35.4 Å². The molecule has 0 aliphatic carbocycles. The third kappa shape index (κ3) is 5.28. The summed E-state index contributed by atoms with van der Waals surface area (Å²) in [4.78, 5) is 24.8. The molecule has 1 aromatic heterocycles. The van der Waals surface area contributed by atoms with Gasteiger partial charge in [0.05, 0.1) is 6.26 Å². The first kappa shape index (κ1) is 18.4. The second kappa shape index (κ2) is 8.80. The molecule has 6 heteroatoms. The zero-order chi connectivity index (χ0) is 19.1. The molecule has 0 radical (unpaired) electrons. The Morgan fingerprint density at radius 3 is 2.37 bits per heavy atom. The van der Waals surface area contributed by atoms with Gasteiger partial charge in [-0.1, -0.05) is 42.5 Å². The SMILES string of the molecule is O=C(N[C@@H](Cc1ccccc1)C(=O)OCc1ccc(F)cc1)c1ccco1. The number of hydrogen-bond acceptors (Lipinski definition) is 4. The van der Waals surface area contributed by atoms with E-state index in [1.807, 2.05) is 30.3 Å². The summed E-state index contributed by atoms with van der Waals surface area (Å²) in [7, 11) is 0. The van der Waals surface area contributed by atoms with Gasteiger partial charge in [-0.15, -0.1) is 0 Å². The lowest BCUT2D eigenvalue weighted by Gasteiger charge is -2.17. The Bertz CT molecular complexity index is 876. The van der Waals surface area contributed by atoms with E-state index in [9.17, 15) is 14.0 Å². The summed E-state index contributed by atoms with van der Waals surface area (Å²) >= 11 is 0. The number of hydrogen-bond donors (Lipinski definition) is 1. The van der Waals surface area contributed by atoms with Gasteiger partial charge in [-0.25, -0.2) is 9.18 Å². The zero-order valence-corrected chi connectivity index (χ0v) is 14.4. The summed E-state index contributed by atoms with van der Waals surface area (Å²) in [5.74, 6) is -1.33. The molecule has 3 aromatic rings. The summed E-state index contributed by atoms with van der Waals surface area (Å²) in [5.41, 5.74) is 1.53. The second-order valence-corrected chi connectivity index (χ2v) is 5.93. The summed E-state index contributed by atoms with van der Waals surface area (Å²) < 4.78 is 23.4. The number of ether oxygens (including phenoxy) is 1. The Labute approximate surface area is 155 Å². The van der Waals surface area contributed by atoms with Crippen LogP contribution in [0.4, 0.5) is 4.39 Å². The summed E-state index contributed by atoms with van der Waals surface area (Å²) in [5, 5.41) is 2.65. The highest BCUT2D eigenvalue weighted by Gasteiger charge is 2.24. The first-order chi connectivity index (χ1) is 13.1. The van der Waals surface area contributed by atoms with Crippen LogP contribution >= 0.6 is 0 Å². The number of benzene rings is 2. The molecule has 3 rings (SSSR count). The highest BCUT2D eigenvalue weighted by Crippen LogP contribution is 2.09. The van der Waals surface area contributed by atoms with Crippen LogP contribution < -0.4 is 5.32 Å².